The van der Waals surface area contributed by atoms with Crippen molar-refractivity contribution in [2.75, 3.05) is 6.54 Å². The highest BCUT2D eigenvalue weighted by atomic mass is 15.2. The number of fused-ring (bicyclic) bond motifs is 3. The van der Waals surface area contributed by atoms with E-state index in [1.807, 2.05) is 13.2 Å². The van der Waals surface area contributed by atoms with Crippen LogP contribution in [-0.4, -0.2) is 22.2 Å². The van der Waals surface area contributed by atoms with Crippen molar-refractivity contribution < 1.29 is 0 Å². The lowest BCUT2D eigenvalue weighted by molar-refractivity contribution is 0.765. The molecule has 4 rings (SSSR count). The predicted molar refractivity (Wildman–Crippen MR) is 91.8 cm³/mol. The Morgan fingerprint density at radius 3 is 2.26 bits per heavy atom. The molecule has 114 valence electrons. The molecule has 0 fully saturated rings. The first-order valence-corrected chi connectivity index (χ1v) is 7.73. The summed E-state index contributed by atoms with van der Waals surface area (Å²) in [4.78, 5) is 0. The molecule has 0 amide bonds. The molecule has 1 aliphatic rings. The monoisotopic (exact) mass is 302 g/mol. The van der Waals surface area contributed by atoms with Crippen molar-refractivity contribution in [2.45, 2.75) is 5.92 Å². The van der Waals surface area contributed by atoms with Crippen LogP contribution < -0.4 is 5.32 Å². The number of aromatic nitrogens is 2. The number of hydrogen-bond acceptors (Lipinski definition) is 2. The fraction of sp³-hybridized carbons (Fsp3) is 0.158. The van der Waals surface area contributed by atoms with Gasteiger partial charge in [-0.15, -0.1) is 0 Å². The molecule has 1 aromatic heterocycles. The lowest BCUT2D eigenvalue weighted by atomic mass is 9.97. The van der Waals surface area contributed by atoms with Gasteiger partial charge in [-0.25, -0.2) is 0 Å². The highest BCUT2D eigenvalue weighted by molar-refractivity contribution is 5.96. The number of nitrogens with zero attached hydrogens (tertiary/aromatic N) is 2. The SMILES string of the molecule is Cn1cc(C(=N)NCC2c3ccccc3-c3ccccc32)cn1. The molecule has 1 heterocycles. The molecule has 23 heavy (non-hydrogen) atoms. The second kappa shape index (κ2) is 5.39. The van der Waals surface area contributed by atoms with E-state index in [1.54, 1.807) is 10.9 Å². The predicted octanol–water partition coefficient (Wildman–Crippen LogP) is 3.15. The molecular weight excluding hydrogens is 284 g/mol. The molecule has 0 radical (unpaired) electrons. The lowest BCUT2D eigenvalue weighted by Gasteiger charge is -2.15. The maximum absolute atomic E-state index is 8.21. The zero-order valence-corrected chi connectivity index (χ0v) is 13.0. The van der Waals surface area contributed by atoms with E-state index in [4.69, 9.17) is 5.41 Å². The van der Waals surface area contributed by atoms with E-state index in [2.05, 4.69) is 58.9 Å². The van der Waals surface area contributed by atoms with Gasteiger partial charge in [0.05, 0.1) is 11.8 Å². The molecule has 0 bridgehead atoms. The van der Waals surface area contributed by atoms with E-state index in [-0.39, 0.29) is 5.92 Å². The van der Waals surface area contributed by atoms with Gasteiger partial charge >= 0.3 is 0 Å². The Labute approximate surface area is 135 Å². The Bertz CT molecular complexity index is 833. The number of benzene rings is 2. The molecule has 0 spiro atoms. The second-order valence-electron chi connectivity index (χ2n) is 5.89. The summed E-state index contributed by atoms with van der Waals surface area (Å²) in [5.41, 5.74) is 6.10. The standard InChI is InChI=1S/C19H18N4/c1-23-12-13(10-22-23)19(20)21-11-18-16-8-4-2-6-14(16)15-7-3-5-9-17(15)18/h2-10,12,18H,11H2,1H3,(H2,20,21). The number of hydrogen-bond donors (Lipinski definition) is 2. The van der Waals surface area contributed by atoms with Crippen LogP contribution in [0.3, 0.4) is 0 Å². The normalized spacial score (nSPS) is 12.7. The van der Waals surface area contributed by atoms with Gasteiger partial charge in [0.25, 0.3) is 0 Å². The van der Waals surface area contributed by atoms with Gasteiger partial charge in [-0.2, -0.15) is 5.10 Å². The highest BCUT2D eigenvalue weighted by Gasteiger charge is 2.27. The van der Waals surface area contributed by atoms with Crippen molar-refractivity contribution in [3.63, 3.8) is 0 Å². The fourth-order valence-corrected chi connectivity index (χ4v) is 3.34. The Kier molecular flexibility index (Phi) is 3.23. The summed E-state index contributed by atoms with van der Waals surface area (Å²) in [6, 6.07) is 17.1. The third kappa shape index (κ3) is 2.32. The number of amidine groups is 1. The van der Waals surface area contributed by atoms with Crippen molar-refractivity contribution >= 4 is 5.84 Å². The van der Waals surface area contributed by atoms with Gasteiger partial charge in [-0.1, -0.05) is 48.5 Å². The molecule has 0 saturated carbocycles. The maximum Gasteiger partial charge on any atom is 0.128 e. The number of rotatable bonds is 3. The summed E-state index contributed by atoms with van der Waals surface area (Å²) in [5, 5.41) is 15.6. The zero-order chi connectivity index (χ0) is 15.8. The minimum absolute atomic E-state index is 0.277. The summed E-state index contributed by atoms with van der Waals surface area (Å²) in [5.74, 6) is 0.694. The first kappa shape index (κ1) is 13.8. The van der Waals surface area contributed by atoms with Crippen LogP contribution in [0.15, 0.2) is 60.9 Å². The average molecular weight is 302 g/mol. The zero-order valence-electron chi connectivity index (χ0n) is 13.0. The van der Waals surface area contributed by atoms with Gasteiger partial charge < -0.3 is 5.32 Å². The van der Waals surface area contributed by atoms with Crippen LogP contribution in [0.1, 0.15) is 22.6 Å². The fourth-order valence-electron chi connectivity index (χ4n) is 3.34. The second-order valence-corrected chi connectivity index (χ2v) is 5.89. The molecule has 1 aliphatic carbocycles. The smallest absolute Gasteiger partial charge is 0.128 e. The van der Waals surface area contributed by atoms with Crippen LogP contribution in [-0.2, 0) is 7.05 Å². The highest BCUT2D eigenvalue weighted by Crippen LogP contribution is 2.44. The molecular formula is C19H18N4. The van der Waals surface area contributed by atoms with Gasteiger partial charge in [-0.05, 0) is 22.3 Å². The Morgan fingerprint density at radius 1 is 1.09 bits per heavy atom. The van der Waals surface area contributed by atoms with Gasteiger partial charge in [0.2, 0.25) is 0 Å². The van der Waals surface area contributed by atoms with Crippen molar-refractivity contribution in [1.29, 1.82) is 5.41 Å². The molecule has 0 unspecified atom stereocenters. The summed E-state index contributed by atoms with van der Waals surface area (Å²) in [6.45, 7) is 0.710. The topological polar surface area (TPSA) is 53.7 Å². The minimum Gasteiger partial charge on any atom is -0.369 e. The van der Waals surface area contributed by atoms with E-state index in [0.717, 1.165) is 5.56 Å². The van der Waals surface area contributed by atoms with Crippen LogP contribution >= 0.6 is 0 Å². The quantitative estimate of drug-likeness (QED) is 0.577. The molecule has 4 nitrogen and oxygen atoms in total. The van der Waals surface area contributed by atoms with Gasteiger partial charge in [-0.3, -0.25) is 10.1 Å². The van der Waals surface area contributed by atoms with Crippen LogP contribution in [0.4, 0.5) is 0 Å². The van der Waals surface area contributed by atoms with Crippen LogP contribution in [0, 0.1) is 5.41 Å². The van der Waals surface area contributed by atoms with E-state index in [0.29, 0.717) is 12.4 Å². The lowest BCUT2D eigenvalue weighted by Crippen LogP contribution is -2.28. The minimum atomic E-state index is 0.277. The summed E-state index contributed by atoms with van der Waals surface area (Å²) >= 11 is 0. The van der Waals surface area contributed by atoms with E-state index in [9.17, 15) is 0 Å². The van der Waals surface area contributed by atoms with Crippen molar-refractivity contribution in [3.05, 3.63) is 77.6 Å². The molecule has 4 heteroatoms. The Morgan fingerprint density at radius 2 is 1.70 bits per heavy atom. The molecule has 3 aromatic rings. The van der Waals surface area contributed by atoms with Crippen molar-refractivity contribution in [1.82, 2.24) is 15.1 Å². The van der Waals surface area contributed by atoms with E-state index < -0.39 is 0 Å². The summed E-state index contributed by atoms with van der Waals surface area (Å²) < 4.78 is 1.71. The molecule has 2 aromatic carbocycles. The summed E-state index contributed by atoms with van der Waals surface area (Å²) in [7, 11) is 1.86. The van der Waals surface area contributed by atoms with Crippen LogP contribution in [0.5, 0.6) is 0 Å². The molecule has 2 N–H and O–H groups in total. The first-order valence-electron chi connectivity index (χ1n) is 7.73. The van der Waals surface area contributed by atoms with Gasteiger partial charge in [0.1, 0.15) is 5.84 Å². The number of aryl methyl sites for hydroxylation is 1. The van der Waals surface area contributed by atoms with E-state index >= 15 is 0 Å². The maximum atomic E-state index is 8.21. The average Bonchev–Trinajstić information content (AvgIpc) is 3.15. The third-order valence-corrected chi connectivity index (χ3v) is 4.44. The molecule has 0 aliphatic heterocycles. The van der Waals surface area contributed by atoms with Gasteiger partial charge in [0.15, 0.2) is 0 Å². The molecule has 0 atom stereocenters. The van der Waals surface area contributed by atoms with Crippen LogP contribution in [0.25, 0.3) is 11.1 Å². The first-order chi connectivity index (χ1) is 11.2. The van der Waals surface area contributed by atoms with E-state index in [1.165, 1.54) is 22.3 Å². The van der Waals surface area contributed by atoms with Crippen molar-refractivity contribution in [2.24, 2.45) is 7.05 Å². The van der Waals surface area contributed by atoms with Crippen molar-refractivity contribution in [3.8, 4) is 11.1 Å². The van der Waals surface area contributed by atoms with Gasteiger partial charge in [0, 0.05) is 25.7 Å². The molecule has 0 saturated heterocycles. The third-order valence-electron chi connectivity index (χ3n) is 4.44. The Hall–Kier alpha value is -2.88. The Balaban J connectivity index is 1.61. The summed E-state index contributed by atoms with van der Waals surface area (Å²) in [6.07, 6.45) is 3.57. The number of nitrogens with one attached hydrogen (secondary N) is 2. The largest absolute Gasteiger partial charge is 0.369 e. The van der Waals surface area contributed by atoms with Crippen LogP contribution in [0.2, 0.25) is 0 Å².